The third-order valence-electron chi connectivity index (χ3n) is 6.61. The van der Waals surface area contributed by atoms with E-state index in [1.165, 1.54) is 26.1 Å². The predicted octanol–water partition coefficient (Wildman–Crippen LogP) is 2.33. The molecule has 222 valence electrons. The number of likely N-dealkylation sites (tertiary alicyclic amines) is 1. The summed E-state index contributed by atoms with van der Waals surface area (Å²) in [6.45, 7) is 1.65. The Kier molecular flexibility index (Phi) is 9.45. The molecule has 1 aromatic carbocycles. The van der Waals surface area contributed by atoms with Crippen LogP contribution in [0.5, 0.6) is 0 Å². The molecule has 4 atom stereocenters. The molecule has 2 aliphatic rings. The zero-order valence-corrected chi connectivity index (χ0v) is 21.5. The number of halogens is 6. The van der Waals surface area contributed by atoms with Crippen molar-refractivity contribution in [1.29, 1.82) is 0 Å². The molecule has 0 unspecified atom stereocenters. The van der Waals surface area contributed by atoms with Gasteiger partial charge in [-0.1, -0.05) is 6.92 Å². The number of hydrogen-bond acceptors (Lipinski definition) is 7. The summed E-state index contributed by atoms with van der Waals surface area (Å²) in [6.07, 6.45) is -9.39. The van der Waals surface area contributed by atoms with E-state index in [-0.39, 0.29) is 18.7 Å². The van der Waals surface area contributed by atoms with E-state index in [1.54, 1.807) is 6.92 Å². The van der Waals surface area contributed by atoms with Crippen molar-refractivity contribution in [2.24, 2.45) is 11.8 Å². The molecule has 3 N–H and O–H groups in total. The van der Waals surface area contributed by atoms with E-state index < -0.39 is 71.1 Å². The summed E-state index contributed by atoms with van der Waals surface area (Å²) in [5.74, 6) is -6.22. The topological polar surface area (TPSA) is 145 Å². The second-order valence-electron chi connectivity index (χ2n) is 8.99. The van der Waals surface area contributed by atoms with Gasteiger partial charge in [0.2, 0.25) is 11.8 Å². The summed E-state index contributed by atoms with van der Waals surface area (Å²) in [5, 5.41) is 12.7. The number of hydrogen-bond donors (Lipinski definition) is 3. The SMILES string of the molecule is CC[C@@]1(C(=O)OC)N[C@H](CN(C)C(=O)Nc2ccc(C(F)(F)F)cc2)[C@@H]2C(=O)N(C)C(=O)[C@@H]21.O=C(O)C(F)(F)F. The first-order chi connectivity index (χ1) is 18.3. The van der Waals surface area contributed by atoms with Crippen LogP contribution in [0.15, 0.2) is 24.3 Å². The van der Waals surface area contributed by atoms with E-state index in [4.69, 9.17) is 14.6 Å². The van der Waals surface area contributed by atoms with Crippen LogP contribution in [-0.2, 0) is 30.1 Å². The Bertz CT molecular complexity index is 1160. The van der Waals surface area contributed by atoms with Crippen molar-refractivity contribution >= 4 is 35.5 Å². The van der Waals surface area contributed by atoms with Gasteiger partial charge in [0.1, 0.15) is 5.54 Å². The van der Waals surface area contributed by atoms with Crippen LogP contribution >= 0.6 is 0 Å². The molecule has 3 rings (SSSR count). The van der Waals surface area contributed by atoms with Gasteiger partial charge in [0.05, 0.1) is 24.5 Å². The molecule has 2 heterocycles. The number of nitrogens with zero attached hydrogens (tertiary/aromatic N) is 2. The van der Waals surface area contributed by atoms with Gasteiger partial charge < -0.3 is 20.1 Å². The molecular weight excluding hydrogens is 558 g/mol. The number of imide groups is 1. The van der Waals surface area contributed by atoms with Crippen LogP contribution in [0.25, 0.3) is 0 Å². The van der Waals surface area contributed by atoms with Crippen molar-refractivity contribution in [1.82, 2.24) is 15.1 Å². The number of alkyl halides is 6. The van der Waals surface area contributed by atoms with Crippen molar-refractivity contribution in [3.63, 3.8) is 0 Å². The molecule has 0 aromatic heterocycles. The quantitative estimate of drug-likeness (QED) is 0.272. The van der Waals surface area contributed by atoms with Crippen molar-refractivity contribution in [3.8, 4) is 0 Å². The number of rotatable bonds is 5. The Morgan fingerprint density at radius 3 is 2.05 bits per heavy atom. The van der Waals surface area contributed by atoms with Gasteiger partial charge in [0.25, 0.3) is 0 Å². The van der Waals surface area contributed by atoms with E-state index in [0.29, 0.717) is 0 Å². The van der Waals surface area contributed by atoms with Crippen LogP contribution in [0.2, 0.25) is 0 Å². The highest BCUT2D eigenvalue weighted by molar-refractivity contribution is 6.09. The maximum atomic E-state index is 12.8. The largest absolute Gasteiger partial charge is 0.490 e. The van der Waals surface area contributed by atoms with Crippen molar-refractivity contribution in [3.05, 3.63) is 29.8 Å². The summed E-state index contributed by atoms with van der Waals surface area (Å²) in [5.41, 5.74) is -2.10. The molecule has 0 bridgehead atoms. The number of ether oxygens (including phenoxy) is 1. The lowest BCUT2D eigenvalue weighted by atomic mass is 9.78. The Morgan fingerprint density at radius 2 is 1.62 bits per heavy atom. The zero-order chi connectivity index (χ0) is 30.8. The normalized spacial score (nSPS) is 24.1. The average Bonchev–Trinajstić information content (AvgIpc) is 3.32. The standard InChI is InChI=1S/C21H25F3N4O5.C2HF3O2/c1-5-20(18(31)33-4)15-14(16(29)28(3)17(15)30)13(26-20)10-27(2)19(32)25-12-8-6-11(7-9-12)21(22,23)24;3-2(4,5)1(6)7/h6-9,13-15,26H,5,10H2,1-4H3,(H,25,32);(H,6,7)/t13-,14+,15-,20-;/m1./s1. The van der Waals surface area contributed by atoms with Gasteiger partial charge in [0, 0.05) is 32.4 Å². The summed E-state index contributed by atoms with van der Waals surface area (Å²) in [7, 11) is 3.97. The minimum absolute atomic E-state index is 0.0424. The fraction of sp³-hybridized carbons (Fsp3) is 0.522. The van der Waals surface area contributed by atoms with Gasteiger partial charge in [-0.25, -0.2) is 9.59 Å². The number of anilines is 1. The zero-order valence-electron chi connectivity index (χ0n) is 21.5. The Balaban J connectivity index is 0.000000708. The number of carboxylic acids is 1. The second kappa shape index (κ2) is 11.7. The van der Waals surface area contributed by atoms with Crippen LogP contribution in [0.3, 0.4) is 0 Å². The summed E-state index contributed by atoms with van der Waals surface area (Å²) in [6, 6.07) is 2.61. The molecule has 11 nitrogen and oxygen atoms in total. The first-order valence-corrected chi connectivity index (χ1v) is 11.5. The lowest BCUT2D eigenvalue weighted by molar-refractivity contribution is -0.192. The molecule has 17 heteroatoms. The maximum absolute atomic E-state index is 12.8. The third kappa shape index (κ3) is 6.46. The van der Waals surface area contributed by atoms with Gasteiger partial charge >= 0.3 is 30.3 Å². The molecular formula is C23H26F6N4O7. The number of aliphatic carboxylic acids is 1. The minimum Gasteiger partial charge on any atom is -0.475 e. The molecule has 0 saturated carbocycles. The molecule has 40 heavy (non-hydrogen) atoms. The number of benzene rings is 1. The number of urea groups is 1. The number of carbonyl (C=O) groups is 5. The number of fused-ring (bicyclic) bond motifs is 1. The van der Waals surface area contributed by atoms with Crippen LogP contribution in [0, 0.1) is 11.8 Å². The molecule has 2 saturated heterocycles. The highest BCUT2D eigenvalue weighted by Crippen LogP contribution is 2.44. The van der Waals surface area contributed by atoms with Crippen LogP contribution in [0.1, 0.15) is 18.9 Å². The number of carboxylic acid groups (broad SMARTS) is 1. The highest BCUT2D eigenvalue weighted by atomic mass is 19.4. The Labute approximate surface area is 223 Å². The van der Waals surface area contributed by atoms with Crippen molar-refractivity contribution in [2.45, 2.75) is 37.3 Å². The van der Waals surface area contributed by atoms with Gasteiger partial charge in [-0.2, -0.15) is 26.3 Å². The van der Waals surface area contributed by atoms with Gasteiger partial charge in [-0.15, -0.1) is 0 Å². The predicted molar refractivity (Wildman–Crippen MR) is 124 cm³/mol. The number of carbonyl (C=O) groups excluding carboxylic acids is 4. The van der Waals surface area contributed by atoms with Gasteiger partial charge in [-0.3, -0.25) is 24.6 Å². The van der Waals surface area contributed by atoms with E-state index in [0.717, 1.165) is 29.2 Å². The number of esters is 1. The van der Waals surface area contributed by atoms with E-state index in [9.17, 15) is 45.5 Å². The number of methoxy groups -OCH3 is 1. The molecule has 2 aliphatic heterocycles. The molecule has 2 fully saturated rings. The van der Waals surface area contributed by atoms with Gasteiger partial charge in [-0.05, 0) is 30.7 Å². The monoisotopic (exact) mass is 584 g/mol. The first-order valence-electron chi connectivity index (χ1n) is 11.5. The van der Waals surface area contributed by atoms with Crippen LogP contribution in [-0.4, -0.2) is 90.2 Å². The lowest BCUT2D eigenvalue weighted by Gasteiger charge is -2.31. The molecule has 1 aromatic rings. The molecule has 4 amide bonds. The minimum atomic E-state index is -5.08. The third-order valence-corrected chi connectivity index (χ3v) is 6.61. The van der Waals surface area contributed by atoms with Gasteiger partial charge in [0.15, 0.2) is 0 Å². The smallest absolute Gasteiger partial charge is 0.475 e. The van der Waals surface area contributed by atoms with Crippen molar-refractivity contribution in [2.75, 3.05) is 33.1 Å². The first kappa shape index (κ1) is 32.3. The number of likely N-dealkylation sites (N-methyl/N-ethyl adjacent to an activating group) is 1. The van der Waals surface area contributed by atoms with Crippen LogP contribution < -0.4 is 10.6 Å². The van der Waals surface area contributed by atoms with E-state index in [1.807, 2.05) is 0 Å². The summed E-state index contributed by atoms with van der Waals surface area (Å²) >= 11 is 0. The lowest BCUT2D eigenvalue weighted by Crippen LogP contribution is -2.58. The summed E-state index contributed by atoms with van der Waals surface area (Å²) in [4.78, 5) is 61.9. The fourth-order valence-corrected chi connectivity index (χ4v) is 4.60. The maximum Gasteiger partial charge on any atom is 0.490 e. The summed E-state index contributed by atoms with van der Waals surface area (Å²) < 4.78 is 74.8. The highest BCUT2D eigenvalue weighted by Gasteiger charge is 2.67. The Morgan fingerprint density at radius 1 is 1.10 bits per heavy atom. The second-order valence-corrected chi connectivity index (χ2v) is 8.99. The molecule has 0 spiro atoms. The van der Waals surface area contributed by atoms with E-state index >= 15 is 0 Å². The number of amides is 4. The van der Waals surface area contributed by atoms with Crippen molar-refractivity contribution < 1.29 is 60.2 Å². The Hall–Kier alpha value is -3.89. The van der Waals surface area contributed by atoms with Crippen LogP contribution in [0.4, 0.5) is 36.8 Å². The molecule has 0 radical (unpaired) electrons. The fourth-order valence-electron chi connectivity index (χ4n) is 4.60. The van der Waals surface area contributed by atoms with E-state index in [2.05, 4.69) is 10.6 Å². The molecule has 0 aliphatic carbocycles. The number of nitrogens with one attached hydrogen (secondary N) is 2. The average molecular weight is 584 g/mol.